The monoisotopic (exact) mass is 458 g/mol. The molecule has 1 aliphatic rings. The highest BCUT2D eigenvalue weighted by Crippen LogP contribution is 2.25. The van der Waals surface area contributed by atoms with Gasteiger partial charge in [-0.25, -0.2) is 13.4 Å². The molecule has 1 amide bonds. The molecule has 0 bridgehead atoms. The highest BCUT2D eigenvalue weighted by atomic mass is 32.2. The van der Waals surface area contributed by atoms with Gasteiger partial charge in [-0.05, 0) is 36.8 Å². The van der Waals surface area contributed by atoms with Crippen LogP contribution >= 0.6 is 11.3 Å². The number of carbonyl (C=O) groups excluding carboxylic acids is 1. The van der Waals surface area contributed by atoms with E-state index in [2.05, 4.69) is 15.3 Å². The molecule has 8 nitrogen and oxygen atoms in total. The average Bonchev–Trinajstić information content (AvgIpc) is 3.24. The first-order chi connectivity index (χ1) is 14.9. The maximum Gasteiger partial charge on any atom is 0.243 e. The number of aryl methyl sites for hydroxylation is 1. The lowest BCUT2D eigenvalue weighted by atomic mass is 10.2. The molecule has 162 valence electrons. The maximum absolute atomic E-state index is 12.9. The largest absolute Gasteiger partial charge is 0.379 e. The van der Waals surface area contributed by atoms with Gasteiger partial charge in [0.25, 0.3) is 0 Å². The third-order valence-electron chi connectivity index (χ3n) is 4.89. The summed E-state index contributed by atoms with van der Waals surface area (Å²) < 4.78 is 32.5. The summed E-state index contributed by atoms with van der Waals surface area (Å²) >= 11 is 1.45. The van der Waals surface area contributed by atoms with Crippen molar-refractivity contribution in [3.63, 3.8) is 0 Å². The highest BCUT2D eigenvalue weighted by Gasteiger charge is 2.27. The van der Waals surface area contributed by atoms with Crippen molar-refractivity contribution in [3.8, 4) is 10.6 Å². The number of rotatable bonds is 6. The van der Waals surface area contributed by atoms with Crippen molar-refractivity contribution in [2.45, 2.75) is 18.2 Å². The third kappa shape index (κ3) is 4.99. The van der Waals surface area contributed by atoms with Crippen molar-refractivity contribution in [3.05, 3.63) is 59.4 Å². The van der Waals surface area contributed by atoms with Crippen molar-refractivity contribution in [2.75, 3.05) is 31.6 Å². The number of amides is 1. The second-order valence-electron chi connectivity index (χ2n) is 7.10. The number of carbonyl (C=O) groups is 1. The molecular formula is C21H22N4O4S2. The van der Waals surface area contributed by atoms with E-state index in [1.54, 1.807) is 24.5 Å². The fourth-order valence-corrected chi connectivity index (χ4v) is 5.45. The smallest absolute Gasteiger partial charge is 0.243 e. The zero-order valence-corrected chi connectivity index (χ0v) is 18.6. The van der Waals surface area contributed by atoms with Gasteiger partial charge in [0.15, 0.2) is 0 Å². The Morgan fingerprint density at radius 1 is 1.26 bits per heavy atom. The molecule has 0 atom stereocenters. The van der Waals surface area contributed by atoms with Gasteiger partial charge >= 0.3 is 0 Å². The molecule has 31 heavy (non-hydrogen) atoms. The molecule has 1 saturated heterocycles. The van der Waals surface area contributed by atoms with Gasteiger partial charge in [-0.3, -0.25) is 9.78 Å². The summed E-state index contributed by atoms with van der Waals surface area (Å²) in [7, 11) is -3.64. The van der Waals surface area contributed by atoms with Crippen LogP contribution in [0.1, 0.15) is 11.3 Å². The van der Waals surface area contributed by atoms with Gasteiger partial charge in [-0.2, -0.15) is 4.31 Å². The first kappa shape index (κ1) is 21.6. The lowest BCUT2D eigenvalue weighted by Crippen LogP contribution is -2.40. The fourth-order valence-electron chi connectivity index (χ4n) is 3.20. The second-order valence-corrected chi connectivity index (χ2v) is 9.90. The normalized spacial score (nSPS) is 15.0. The van der Waals surface area contributed by atoms with Crippen molar-refractivity contribution in [2.24, 2.45) is 0 Å². The molecule has 10 heteroatoms. The molecule has 3 aromatic rings. The lowest BCUT2D eigenvalue weighted by molar-refractivity contribution is -0.115. The Bertz CT molecular complexity index is 1170. The van der Waals surface area contributed by atoms with Crippen LogP contribution in [0.3, 0.4) is 0 Å². The molecule has 1 N–H and O–H groups in total. The van der Waals surface area contributed by atoms with E-state index in [9.17, 15) is 13.2 Å². The van der Waals surface area contributed by atoms with E-state index >= 15 is 0 Å². The number of nitrogens with zero attached hydrogens (tertiary/aromatic N) is 3. The van der Waals surface area contributed by atoms with Crippen molar-refractivity contribution >= 4 is 33.0 Å². The molecule has 2 aromatic heterocycles. The minimum Gasteiger partial charge on any atom is -0.379 e. The van der Waals surface area contributed by atoms with Crippen LogP contribution in [0.15, 0.2) is 53.0 Å². The van der Waals surface area contributed by atoms with E-state index in [1.165, 1.54) is 21.7 Å². The van der Waals surface area contributed by atoms with Crippen LogP contribution < -0.4 is 5.32 Å². The predicted molar refractivity (Wildman–Crippen MR) is 118 cm³/mol. The van der Waals surface area contributed by atoms with Crippen LogP contribution in [0.4, 0.5) is 5.69 Å². The standard InChI is InChI=1S/C21H22N4O4S2/c1-15-4-5-18(31(27,28)25-7-9-29-10-8-25)12-19(15)24-20(26)11-17-14-30-21(23-17)16-3-2-6-22-13-16/h2-6,12-14H,7-11H2,1H3,(H,24,26). The minimum absolute atomic E-state index is 0.0939. The van der Waals surface area contributed by atoms with Crippen LogP contribution in [0.2, 0.25) is 0 Å². The molecule has 4 rings (SSSR count). The van der Waals surface area contributed by atoms with Gasteiger partial charge in [0.05, 0.1) is 30.2 Å². The number of hydrogen-bond donors (Lipinski definition) is 1. The van der Waals surface area contributed by atoms with E-state index in [0.29, 0.717) is 37.7 Å². The van der Waals surface area contributed by atoms with E-state index in [1.807, 2.05) is 24.4 Å². The number of aromatic nitrogens is 2. The number of benzene rings is 1. The maximum atomic E-state index is 12.9. The highest BCUT2D eigenvalue weighted by molar-refractivity contribution is 7.89. The Labute approximate surface area is 185 Å². The molecule has 3 heterocycles. The number of thiazole rings is 1. The van der Waals surface area contributed by atoms with Crippen LogP contribution in [-0.4, -0.2) is 54.9 Å². The summed E-state index contributed by atoms with van der Waals surface area (Å²) in [6, 6.07) is 8.53. The van der Waals surface area contributed by atoms with E-state index in [0.717, 1.165) is 16.1 Å². The number of morpholine rings is 1. The molecule has 0 saturated carbocycles. The first-order valence-electron chi connectivity index (χ1n) is 9.77. The molecule has 0 radical (unpaired) electrons. The summed E-state index contributed by atoms with van der Waals surface area (Å²) in [5.41, 5.74) is 2.80. The molecule has 1 aromatic carbocycles. The van der Waals surface area contributed by atoms with Crippen molar-refractivity contribution in [1.29, 1.82) is 0 Å². The summed E-state index contributed by atoms with van der Waals surface area (Å²) in [5, 5.41) is 5.47. The van der Waals surface area contributed by atoms with Gasteiger partial charge in [0.1, 0.15) is 5.01 Å². The summed E-state index contributed by atoms with van der Waals surface area (Å²) in [4.78, 5) is 21.4. The number of pyridine rings is 1. The minimum atomic E-state index is -3.64. The molecule has 0 aliphatic carbocycles. The summed E-state index contributed by atoms with van der Waals surface area (Å²) in [6.07, 6.45) is 3.52. The Morgan fingerprint density at radius 2 is 2.06 bits per heavy atom. The number of hydrogen-bond acceptors (Lipinski definition) is 7. The Kier molecular flexibility index (Phi) is 6.42. The number of nitrogens with one attached hydrogen (secondary N) is 1. The Morgan fingerprint density at radius 3 is 2.81 bits per heavy atom. The van der Waals surface area contributed by atoms with Crippen LogP contribution in [0, 0.1) is 6.92 Å². The Hall–Kier alpha value is -2.66. The summed E-state index contributed by atoms with van der Waals surface area (Å²) in [6.45, 7) is 3.22. The van der Waals surface area contributed by atoms with Crippen molar-refractivity contribution in [1.82, 2.24) is 14.3 Å². The van der Waals surface area contributed by atoms with Crippen molar-refractivity contribution < 1.29 is 17.9 Å². The number of anilines is 1. The predicted octanol–water partition coefficient (Wildman–Crippen LogP) is 2.72. The van der Waals surface area contributed by atoms with Gasteiger partial charge in [0, 0.05) is 42.1 Å². The van der Waals surface area contributed by atoms with Gasteiger partial charge in [-0.15, -0.1) is 11.3 Å². The molecule has 0 unspecified atom stereocenters. The summed E-state index contributed by atoms with van der Waals surface area (Å²) in [5.74, 6) is -0.257. The zero-order valence-electron chi connectivity index (χ0n) is 16.9. The SMILES string of the molecule is Cc1ccc(S(=O)(=O)N2CCOCC2)cc1NC(=O)Cc1csc(-c2cccnc2)n1. The van der Waals surface area contributed by atoms with Crippen LogP contribution in [-0.2, 0) is 26.0 Å². The Balaban J connectivity index is 1.47. The second kappa shape index (κ2) is 9.23. The van der Waals surface area contributed by atoms with E-state index in [-0.39, 0.29) is 17.2 Å². The van der Waals surface area contributed by atoms with E-state index in [4.69, 9.17) is 4.74 Å². The first-order valence-corrected chi connectivity index (χ1v) is 12.1. The van der Waals surface area contributed by atoms with Crippen LogP contribution in [0.5, 0.6) is 0 Å². The topological polar surface area (TPSA) is 101 Å². The van der Waals surface area contributed by atoms with Gasteiger partial charge in [0.2, 0.25) is 15.9 Å². The average molecular weight is 459 g/mol. The molecule has 1 aliphatic heterocycles. The lowest BCUT2D eigenvalue weighted by Gasteiger charge is -2.26. The number of sulfonamides is 1. The zero-order chi connectivity index (χ0) is 21.8. The van der Waals surface area contributed by atoms with Crippen LogP contribution in [0.25, 0.3) is 10.6 Å². The quantitative estimate of drug-likeness (QED) is 0.610. The third-order valence-corrected chi connectivity index (χ3v) is 7.73. The number of ether oxygens (including phenoxy) is 1. The van der Waals surface area contributed by atoms with Gasteiger partial charge < -0.3 is 10.1 Å². The molecular weight excluding hydrogens is 436 g/mol. The fraction of sp³-hybridized carbons (Fsp3) is 0.286. The molecule has 1 fully saturated rings. The van der Waals surface area contributed by atoms with Gasteiger partial charge in [-0.1, -0.05) is 6.07 Å². The molecule has 0 spiro atoms. The van der Waals surface area contributed by atoms with E-state index < -0.39 is 10.0 Å².